The Morgan fingerprint density at radius 2 is 1.81 bits per heavy atom. The fourth-order valence-corrected chi connectivity index (χ4v) is 2.63. The maximum absolute atomic E-state index is 12.7. The Hall–Kier alpha value is -3.25. The lowest BCUT2D eigenvalue weighted by Crippen LogP contribution is -2.25. The Kier molecular flexibility index (Phi) is 4.33. The third kappa shape index (κ3) is 3.41. The van der Waals surface area contributed by atoms with Gasteiger partial charge in [0.25, 0.3) is 5.56 Å². The summed E-state index contributed by atoms with van der Waals surface area (Å²) in [6.45, 7) is 0.255. The number of ether oxygens (including phenoxy) is 1. The van der Waals surface area contributed by atoms with Crippen LogP contribution >= 0.6 is 11.6 Å². The van der Waals surface area contributed by atoms with E-state index in [1.807, 2.05) is 18.2 Å². The molecule has 0 bridgehead atoms. The van der Waals surface area contributed by atoms with Crippen molar-refractivity contribution in [1.82, 2.24) is 20.0 Å². The monoisotopic (exact) mass is 364 g/mol. The highest BCUT2D eigenvalue weighted by atomic mass is 35.5. The van der Waals surface area contributed by atoms with Gasteiger partial charge in [0.05, 0.1) is 17.6 Å². The van der Waals surface area contributed by atoms with E-state index >= 15 is 0 Å². The van der Waals surface area contributed by atoms with Crippen molar-refractivity contribution in [2.75, 3.05) is 0 Å². The molecule has 0 atom stereocenters. The molecule has 0 radical (unpaired) electrons. The van der Waals surface area contributed by atoms with Gasteiger partial charge in [-0.3, -0.25) is 9.78 Å². The number of rotatable bonds is 4. The Morgan fingerprint density at radius 1 is 1.00 bits per heavy atom. The Labute approximate surface area is 153 Å². The second-order valence-electron chi connectivity index (χ2n) is 5.61. The summed E-state index contributed by atoms with van der Waals surface area (Å²) < 4.78 is 7.08. The van der Waals surface area contributed by atoms with Crippen LogP contribution in [0, 0.1) is 0 Å². The van der Waals surface area contributed by atoms with E-state index in [4.69, 9.17) is 16.3 Å². The number of aromatic nitrogens is 4. The molecule has 0 saturated heterocycles. The van der Waals surface area contributed by atoms with Gasteiger partial charge in [-0.2, -0.15) is 0 Å². The maximum atomic E-state index is 12.7. The lowest BCUT2D eigenvalue weighted by Gasteiger charge is -2.08. The van der Waals surface area contributed by atoms with E-state index in [1.54, 1.807) is 48.7 Å². The van der Waals surface area contributed by atoms with Crippen molar-refractivity contribution in [3.8, 4) is 11.5 Å². The zero-order chi connectivity index (χ0) is 17.9. The number of benzene rings is 2. The van der Waals surface area contributed by atoms with Gasteiger partial charge in [0, 0.05) is 11.2 Å². The normalized spacial score (nSPS) is 10.8. The first-order valence-corrected chi connectivity index (χ1v) is 8.28. The molecule has 2 aromatic heterocycles. The van der Waals surface area contributed by atoms with Crippen molar-refractivity contribution in [2.45, 2.75) is 6.54 Å². The minimum absolute atomic E-state index is 0.248. The summed E-state index contributed by atoms with van der Waals surface area (Å²) in [6, 6.07) is 17.6. The number of nitrogens with zero attached hydrogens (tertiary/aromatic N) is 4. The van der Waals surface area contributed by atoms with Gasteiger partial charge in [0.1, 0.15) is 17.0 Å². The predicted molar refractivity (Wildman–Crippen MR) is 98.7 cm³/mol. The van der Waals surface area contributed by atoms with Crippen LogP contribution < -0.4 is 10.3 Å². The highest BCUT2D eigenvalue weighted by Crippen LogP contribution is 2.24. The molecule has 0 amide bonds. The SMILES string of the molecule is O=c1c2cc(Oc3ccc(Cl)cc3)ccc2nnn1Cc1ccccn1. The summed E-state index contributed by atoms with van der Waals surface area (Å²) in [5.74, 6) is 1.17. The molecule has 7 heteroatoms. The first-order valence-electron chi connectivity index (χ1n) is 7.90. The molecule has 0 unspecified atom stereocenters. The summed E-state index contributed by atoms with van der Waals surface area (Å²) >= 11 is 5.88. The Morgan fingerprint density at radius 3 is 2.58 bits per heavy atom. The number of halogens is 1. The van der Waals surface area contributed by atoms with Gasteiger partial charge in [-0.25, -0.2) is 4.68 Å². The van der Waals surface area contributed by atoms with E-state index in [1.165, 1.54) is 4.68 Å². The quantitative estimate of drug-likeness (QED) is 0.552. The minimum atomic E-state index is -0.248. The molecule has 0 N–H and O–H groups in total. The van der Waals surface area contributed by atoms with Crippen molar-refractivity contribution in [3.05, 3.63) is 87.9 Å². The fraction of sp³-hybridized carbons (Fsp3) is 0.0526. The van der Waals surface area contributed by atoms with Gasteiger partial charge in [-0.05, 0) is 54.6 Å². The summed E-state index contributed by atoms with van der Waals surface area (Å²) in [6.07, 6.45) is 1.67. The summed E-state index contributed by atoms with van der Waals surface area (Å²) in [4.78, 5) is 17.0. The van der Waals surface area contributed by atoms with Crippen LogP contribution in [-0.2, 0) is 6.54 Å². The van der Waals surface area contributed by atoms with Gasteiger partial charge >= 0.3 is 0 Å². The highest BCUT2D eigenvalue weighted by molar-refractivity contribution is 6.30. The third-order valence-corrected chi connectivity index (χ3v) is 4.03. The highest BCUT2D eigenvalue weighted by Gasteiger charge is 2.09. The van der Waals surface area contributed by atoms with E-state index in [0.717, 1.165) is 5.69 Å². The zero-order valence-electron chi connectivity index (χ0n) is 13.5. The topological polar surface area (TPSA) is 69.9 Å². The van der Waals surface area contributed by atoms with Crippen molar-refractivity contribution in [1.29, 1.82) is 0 Å². The average molecular weight is 365 g/mol. The van der Waals surface area contributed by atoms with Crippen LogP contribution in [0.25, 0.3) is 10.9 Å². The molecule has 6 nitrogen and oxygen atoms in total. The molecule has 2 aromatic carbocycles. The van der Waals surface area contributed by atoms with Crippen molar-refractivity contribution >= 4 is 22.5 Å². The maximum Gasteiger partial charge on any atom is 0.278 e. The first kappa shape index (κ1) is 16.2. The average Bonchev–Trinajstić information content (AvgIpc) is 2.67. The van der Waals surface area contributed by atoms with Gasteiger partial charge in [0.15, 0.2) is 0 Å². The zero-order valence-corrected chi connectivity index (χ0v) is 14.3. The summed E-state index contributed by atoms with van der Waals surface area (Å²) in [5, 5.41) is 9.15. The molecule has 0 saturated carbocycles. The number of hydrogen-bond acceptors (Lipinski definition) is 5. The second-order valence-corrected chi connectivity index (χ2v) is 6.04. The van der Waals surface area contributed by atoms with Crippen molar-refractivity contribution in [2.24, 2.45) is 0 Å². The molecule has 0 spiro atoms. The van der Waals surface area contributed by atoms with E-state index in [0.29, 0.717) is 27.4 Å². The molecule has 0 aliphatic heterocycles. The lowest BCUT2D eigenvalue weighted by molar-refractivity contribution is 0.483. The largest absolute Gasteiger partial charge is 0.457 e. The summed E-state index contributed by atoms with van der Waals surface area (Å²) in [7, 11) is 0. The Balaban J connectivity index is 1.68. The molecule has 4 aromatic rings. The molecular weight excluding hydrogens is 352 g/mol. The number of fused-ring (bicyclic) bond motifs is 1. The number of pyridine rings is 1. The smallest absolute Gasteiger partial charge is 0.278 e. The van der Waals surface area contributed by atoms with Crippen LogP contribution in [0.3, 0.4) is 0 Å². The minimum Gasteiger partial charge on any atom is -0.457 e. The molecule has 0 fully saturated rings. The summed E-state index contributed by atoms with van der Waals surface area (Å²) in [5.41, 5.74) is 0.995. The molecular formula is C19H13ClN4O2. The van der Waals surface area contributed by atoms with Gasteiger partial charge in [-0.1, -0.05) is 22.9 Å². The Bertz CT molecular complexity index is 1110. The van der Waals surface area contributed by atoms with Crippen LogP contribution in [0.1, 0.15) is 5.69 Å². The lowest BCUT2D eigenvalue weighted by atomic mass is 10.2. The number of hydrogen-bond donors (Lipinski definition) is 0. The van der Waals surface area contributed by atoms with Gasteiger partial charge in [-0.15, -0.1) is 5.10 Å². The second kappa shape index (κ2) is 6.93. The molecule has 4 rings (SSSR count). The molecule has 0 aliphatic carbocycles. The van der Waals surface area contributed by atoms with Crippen LogP contribution in [0.5, 0.6) is 11.5 Å². The standard InChI is InChI=1S/C19H13ClN4O2/c20-13-4-6-15(7-5-13)26-16-8-9-18-17(11-16)19(25)24(23-22-18)12-14-3-1-2-10-21-14/h1-11H,12H2. The van der Waals surface area contributed by atoms with Crippen LogP contribution in [-0.4, -0.2) is 20.0 Å². The van der Waals surface area contributed by atoms with Crippen LogP contribution in [0.2, 0.25) is 5.02 Å². The molecule has 0 aliphatic rings. The van der Waals surface area contributed by atoms with Crippen LogP contribution in [0.15, 0.2) is 71.7 Å². The van der Waals surface area contributed by atoms with Crippen molar-refractivity contribution < 1.29 is 4.74 Å². The van der Waals surface area contributed by atoms with E-state index in [2.05, 4.69) is 15.3 Å². The predicted octanol–water partition coefficient (Wildman–Crippen LogP) is 3.68. The first-order chi connectivity index (χ1) is 12.7. The van der Waals surface area contributed by atoms with E-state index in [-0.39, 0.29) is 12.1 Å². The fourth-order valence-electron chi connectivity index (χ4n) is 2.51. The van der Waals surface area contributed by atoms with Gasteiger partial charge < -0.3 is 4.74 Å². The van der Waals surface area contributed by atoms with Gasteiger partial charge in [0.2, 0.25) is 0 Å². The van der Waals surface area contributed by atoms with E-state index < -0.39 is 0 Å². The van der Waals surface area contributed by atoms with E-state index in [9.17, 15) is 4.79 Å². The molecule has 2 heterocycles. The molecule has 128 valence electrons. The molecule has 26 heavy (non-hydrogen) atoms. The van der Waals surface area contributed by atoms with Crippen LogP contribution in [0.4, 0.5) is 0 Å². The third-order valence-electron chi connectivity index (χ3n) is 3.78. The van der Waals surface area contributed by atoms with Crippen molar-refractivity contribution in [3.63, 3.8) is 0 Å².